The van der Waals surface area contributed by atoms with Crippen LogP contribution < -0.4 is 0 Å². The van der Waals surface area contributed by atoms with Gasteiger partial charge in [-0.1, -0.05) is 121 Å². The van der Waals surface area contributed by atoms with Crippen LogP contribution in [0.15, 0.2) is 182 Å². The van der Waals surface area contributed by atoms with Crippen LogP contribution in [0.3, 0.4) is 0 Å². The van der Waals surface area contributed by atoms with E-state index in [1.807, 2.05) is 18.3 Å². The lowest BCUT2D eigenvalue weighted by molar-refractivity contribution is 1.14. The number of benzene rings is 6. The molecule has 10 aromatic rings. The van der Waals surface area contributed by atoms with E-state index in [0.29, 0.717) is 0 Å². The summed E-state index contributed by atoms with van der Waals surface area (Å²) in [4.78, 5) is 10.2. The summed E-state index contributed by atoms with van der Waals surface area (Å²) in [6.07, 6.45) is 2.02. The van der Waals surface area contributed by atoms with Crippen molar-refractivity contribution in [1.82, 2.24) is 19.1 Å². The van der Waals surface area contributed by atoms with Gasteiger partial charge in [0.15, 0.2) is 0 Å². The summed E-state index contributed by atoms with van der Waals surface area (Å²) in [5.74, 6) is 0. The molecule has 0 saturated heterocycles. The van der Waals surface area contributed by atoms with E-state index in [4.69, 9.17) is 9.97 Å². The fraction of sp³-hybridized carbons (Fsp3) is 0. The quantitative estimate of drug-likeness (QED) is 0.188. The average Bonchev–Trinajstić information content (AvgIpc) is 3.71. The maximum atomic E-state index is 5.14. The Morgan fingerprint density at radius 2 is 0.860 bits per heavy atom. The van der Waals surface area contributed by atoms with E-state index in [9.17, 15) is 0 Å². The van der Waals surface area contributed by atoms with Crippen LogP contribution in [0.25, 0.3) is 88.8 Å². The molecule has 0 spiro atoms. The Morgan fingerprint density at radius 3 is 1.52 bits per heavy atom. The van der Waals surface area contributed by atoms with Crippen molar-refractivity contribution in [3.8, 4) is 45.0 Å². The number of aromatic nitrogens is 4. The van der Waals surface area contributed by atoms with Gasteiger partial charge in [0.25, 0.3) is 0 Å². The molecule has 0 bridgehead atoms. The third kappa shape index (κ3) is 4.54. The zero-order valence-electron chi connectivity index (χ0n) is 27.1. The number of hydrogen-bond acceptors (Lipinski definition) is 2. The second-order valence-corrected chi connectivity index (χ2v) is 12.7. The molecule has 0 aliphatic rings. The van der Waals surface area contributed by atoms with Crippen LogP contribution in [0.4, 0.5) is 0 Å². The van der Waals surface area contributed by atoms with Gasteiger partial charge >= 0.3 is 0 Å². The van der Waals surface area contributed by atoms with Crippen molar-refractivity contribution in [2.24, 2.45) is 0 Å². The molecule has 0 atom stereocenters. The Bertz CT molecular complexity index is 2790. The van der Waals surface area contributed by atoms with Crippen molar-refractivity contribution in [3.63, 3.8) is 0 Å². The molecule has 4 heterocycles. The normalized spacial score (nSPS) is 11.6. The van der Waals surface area contributed by atoms with Crippen LogP contribution >= 0.6 is 0 Å². The zero-order chi connectivity index (χ0) is 33.0. The Hall–Kier alpha value is -6.78. The predicted molar refractivity (Wildman–Crippen MR) is 207 cm³/mol. The highest BCUT2D eigenvalue weighted by Crippen LogP contribution is 2.38. The molecule has 10 rings (SSSR count). The number of pyridine rings is 2. The molecule has 50 heavy (non-hydrogen) atoms. The fourth-order valence-electron chi connectivity index (χ4n) is 7.43. The van der Waals surface area contributed by atoms with Crippen LogP contribution in [0, 0.1) is 0 Å². The van der Waals surface area contributed by atoms with Crippen molar-refractivity contribution in [1.29, 1.82) is 0 Å². The van der Waals surface area contributed by atoms with Gasteiger partial charge in [-0.3, -0.25) is 4.57 Å². The van der Waals surface area contributed by atoms with Gasteiger partial charge in [-0.2, -0.15) is 0 Å². The SMILES string of the molecule is c1ccc(-c2cc(-n3c4ccccc4c4cc(-c5cnc6c(c5)c5ccccc5n6-c5ccccc5)ccc43)cc(-c3ccccc3)n2)cc1. The summed E-state index contributed by atoms with van der Waals surface area (Å²) in [6.45, 7) is 0. The summed E-state index contributed by atoms with van der Waals surface area (Å²) in [6, 6.07) is 62.1. The molecular formula is C46H30N4. The molecule has 0 N–H and O–H groups in total. The van der Waals surface area contributed by atoms with Crippen LogP contribution in [0.5, 0.6) is 0 Å². The highest BCUT2D eigenvalue weighted by molar-refractivity contribution is 6.12. The number of para-hydroxylation sites is 3. The molecule has 0 aliphatic heterocycles. The van der Waals surface area contributed by atoms with Crippen LogP contribution in [0.1, 0.15) is 0 Å². The predicted octanol–water partition coefficient (Wildman–Crippen LogP) is 11.7. The molecule has 0 aliphatic carbocycles. The standard InChI is InChI=1S/C46H30N4/c1-4-14-31(15-5-1)41-28-36(29-42(48-41)32-16-6-2-7-17-32)49-43-22-12-10-20-37(43)39-26-33(24-25-45(39)49)34-27-40-38-21-11-13-23-44(38)50(46(40)47-30-34)35-18-8-3-9-19-35/h1-30H. The number of rotatable bonds is 5. The maximum absolute atomic E-state index is 5.14. The molecule has 0 radical (unpaired) electrons. The van der Waals surface area contributed by atoms with Crippen LogP contribution in [-0.2, 0) is 0 Å². The lowest BCUT2D eigenvalue weighted by atomic mass is 10.0. The van der Waals surface area contributed by atoms with Crippen molar-refractivity contribution in [3.05, 3.63) is 182 Å². The minimum atomic E-state index is 0.943. The van der Waals surface area contributed by atoms with Crippen molar-refractivity contribution in [2.45, 2.75) is 0 Å². The molecule has 4 aromatic heterocycles. The van der Waals surface area contributed by atoms with E-state index in [-0.39, 0.29) is 0 Å². The summed E-state index contributed by atoms with van der Waals surface area (Å²) in [5.41, 5.74) is 12.9. The number of nitrogens with zero attached hydrogens (tertiary/aromatic N) is 4. The fourth-order valence-corrected chi connectivity index (χ4v) is 7.43. The van der Waals surface area contributed by atoms with Gasteiger partial charge in [-0.25, -0.2) is 9.97 Å². The molecule has 0 unspecified atom stereocenters. The second-order valence-electron chi connectivity index (χ2n) is 12.7. The Morgan fingerprint density at radius 1 is 0.340 bits per heavy atom. The van der Waals surface area contributed by atoms with Crippen LogP contribution in [0.2, 0.25) is 0 Å². The van der Waals surface area contributed by atoms with Gasteiger partial charge in [0, 0.05) is 50.1 Å². The minimum absolute atomic E-state index is 0.943. The summed E-state index contributed by atoms with van der Waals surface area (Å²) >= 11 is 0. The Labute approximate surface area is 289 Å². The number of hydrogen-bond donors (Lipinski definition) is 0. The first-order valence-corrected chi connectivity index (χ1v) is 16.9. The molecule has 234 valence electrons. The average molecular weight is 639 g/mol. The van der Waals surface area contributed by atoms with Gasteiger partial charge in [0.1, 0.15) is 5.65 Å². The van der Waals surface area contributed by atoms with E-state index in [1.165, 1.54) is 16.2 Å². The topological polar surface area (TPSA) is 35.6 Å². The molecule has 4 heteroatoms. The molecule has 4 nitrogen and oxygen atoms in total. The lowest BCUT2D eigenvalue weighted by Gasteiger charge is -2.13. The van der Waals surface area contributed by atoms with E-state index in [0.717, 1.165) is 72.6 Å². The van der Waals surface area contributed by atoms with Gasteiger partial charge in [0.2, 0.25) is 0 Å². The van der Waals surface area contributed by atoms with Gasteiger partial charge in [-0.15, -0.1) is 0 Å². The van der Waals surface area contributed by atoms with Gasteiger partial charge in [-0.05, 0) is 60.2 Å². The van der Waals surface area contributed by atoms with E-state index >= 15 is 0 Å². The molecule has 0 amide bonds. The van der Waals surface area contributed by atoms with Crippen molar-refractivity contribution < 1.29 is 0 Å². The smallest absolute Gasteiger partial charge is 0.145 e. The minimum Gasteiger partial charge on any atom is -0.309 e. The monoisotopic (exact) mass is 638 g/mol. The maximum Gasteiger partial charge on any atom is 0.145 e. The first-order valence-electron chi connectivity index (χ1n) is 16.9. The van der Waals surface area contributed by atoms with Gasteiger partial charge < -0.3 is 4.57 Å². The second kappa shape index (κ2) is 11.4. The Kier molecular flexibility index (Phi) is 6.46. The molecule has 6 aromatic carbocycles. The van der Waals surface area contributed by atoms with E-state index < -0.39 is 0 Å². The summed E-state index contributed by atoms with van der Waals surface area (Å²) in [7, 11) is 0. The third-order valence-corrected chi connectivity index (χ3v) is 9.74. The molecule has 0 fully saturated rings. The zero-order valence-corrected chi connectivity index (χ0v) is 27.1. The molecular weight excluding hydrogens is 609 g/mol. The Balaban J connectivity index is 1.17. The van der Waals surface area contributed by atoms with Crippen molar-refractivity contribution in [2.75, 3.05) is 0 Å². The molecule has 0 saturated carbocycles. The summed E-state index contributed by atoms with van der Waals surface area (Å²) < 4.78 is 4.64. The van der Waals surface area contributed by atoms with E-state index in [2.05, 4.69) is 173 Å². The highest BCUT2D eigenvalue weighted by Gasteiger charge is 2.18. The van der Waals surface area contributed by atoms with Gasteiger partial charge in [0.05, 0.1) is 33.6 Å². The summed E-state index contributed by atoms with van der Waals surface area (Å²) in [5, 5.41) is 4.74. The van der Waals surface area contributed by atoms with Crippen LogP contribution in [-0.4, -0.2) is 19.1 Å². The lowest BCUT2D eigenvalue weighted by Crippen LogP contribution is -1.98. The highest BCUT2D eigenvalue weighted by atomic mass is 15.0. The first-order chi connectivity index (χ1) is 24.8. The largest absolute Gasteiger partial charge is 0.309 e. The van der Waals surface area contributed by atoms with Crippen molar-refractivity contribution >= 4 is 43.7 Å². The number of fused-ring (bicyclic) bond motifs is 6. The van der Waals surface area contributed by atoms with E-state index in [1.54, 1.807) is 0 Å². The third-order valence-electron chi connectivity index (χ3n) is 9.74. The first kappa shape index (κ1) is 28.3.